The molecule has 0 aromatic rings. The van der Waals surface area contributed by atoms with Crippen molar-refractivity contribution in [2.75, 3.05) is 0 Å². The molecule has 3 rings (SSSR count). The van der Waals surface area contributed by atoms with Crippen molar-refractivity contribution in [2.45, 2.75) is 123 Å². The Morgan fingerprint density at radius 3 is 2.37 bits per heavy atom. The minimum atomic E-state index is -0.299. The Bertz CT molecular complexity index is 525. The first-order chi connectivity index (χ1) is 12.9. The van der Waals surface area contributed by atoms with Crippen LogP contribution in [-0.4, -0.2) is 18.5 Å². The summed E-state index contributed by atoms with van der Waals surface area (Å²) in [5.41, 5.74) is 0.652. The molecular formula is C24H41NO2. The van der Waals surface area contributed by atoms with Crippen molar-refractivity contribution < 1.29 is 9.47 Å². The number of ether oxygens (including phenoxy) is 2. The van der Waals surface area contributed by atoms with Gasteiger partial charge >= 0.3 is 0 Å². The van der Waals surface area contributed by atoms with Gasteiger partial charge in [-0.1, -0.05) is 72.6 Å². The second kappa shape index (κ2) is 8.83. The van der Waals surface area contributed by atoms with Gasteiger partial charge < -0.3 is 9.47 Å². The van der Waals surface area contributed by atoms with Crippen LogP contribution in [0.1, 0.15) is 105 Å². The maximum absolute atomic E-state index is 9.51. The Labute approximate surface area is 167 Å². The summed E-state index contributed by atoms with van der Waals surface area (Å²) in [5, 5.41) is 9.51. The molecule has 2 aliphatic carbocycles. The number of nitrogens with zero attached hydrogens (tertiary/aromatic N) is 1. The zero-order valence-corrected chi connectivity index (χ0v) is 18.1. The monoisotopic (exact) mass is 375 g/mol. The third kappa shape index (κ3) is 4.08. The molecule has 27 heavy (non-hydrogen) atoms. The molecule has 2 bridgehead atoms. The molecule has 3 heteroatoms. The summed E-state index contributed by atoms with van der Waals surface area (Å²) in [6.07, 6.45) is 14.7. The molecule has 0 spiro atoms. The van der Waals surface area contributed by atoms with E-state index in [1.807, 2.05) is 0 Å². The van der Waals surface area contributed by atoms with Gasteiger partial charge in [0.25, 0.3) is 0 Å². The minimum absolute atomic E-state index is 0.158. The summed E-state index contributed by atoms with van der Waals surface area (Å²) < 4.78 is 12.5. The Kier molecular flexibility index (Phi) is 6.91. The van der Waals surface area contributed by atoms with E-state index in [1.54, 1.807) is 0 Å². The van der Waals surface area contributed by atoms with Gasteiger partial charge in [-0.2, -0.15) is 5.26 Å². The van der Waals surface area contributed by atoms with Crippen LogP contribution in [0, 0.1) is 34.0 Å². The van der Waals surface area contributed by atoms with Crippen molar-refractivity contribution >= 4 is 0 Å². The van der Waals surface area contributed by atoms with E-state index in [4.69, 9.17) is 9.47 Å². The zero-order chi connectivity index (χ0) is 19.5. The van der Waals surface area contributed by atoms with Crippen LogP contribution in [0.25, 0.3) is 0 Å². The molecule has 2 saturated carbocycles. The molecule has 1 saturated heterocycles. The molecule has 3 aliphatic rings. The number of rotatable bonds is 11. The highest BCUT2D eigenvalue weighted by Gasteiger charge is 2.69. The maximum atomic E-state index is 9.51. The fraction of sp³-hybridized carbons (Fsp3) is 0.958. The van der Waals surface area contributed by atoms with E-state index in [0.717, 1.165) is 25.2 Å². The van der Waals surface area contributed by atoms with Gasteiger partial charge in [0.1, 0.15) is 6.10 Å². The Morgan fingerprint density at radius 2 is 1.74 bits per heavy atom. The van der Waals surface area contributed by atoms with Crippen LogP contribution in [0.4, 0.5) is 0 Å². The summed E-state index contributed by atoms with van der Waals surface area (Å²) in [7, 11) is 0. The quantitative estimate of drug-likeness (QED) is 0.381. The lowest BCUT2D eigenvalue weighted by Crippen LogP contribution is -2.38. The number of hydrogen-bond donors (Lipinski definition) is 0. The lowest BCUT2D eigenvalue weighted by molar-refractivity contribution is -0.177. The lowest BCUT2D eigenvalue weighted by atomic mass is 9.70. The van der Waals surface area contributed by atoms with E-state index in [-0.39, 0.29) is 17.8 Å². The van der Waals surface area contributed by atoms with E-state index in [9.17, 15) is 5.26 Å². The van der Waals surface area contributed by atoms with E-state index in [1.165, 1.54) is 57.8 Å². The summed E-state index contributed by atoms with van der Waals surface area (Å²) in [6.45, 7) is 9.54. The van der Waals surface area contributed by atoms with Gasteiger partial charge in [-0.05, 0) is 48.3 Å². The summed E-state index contributed by atoms with van der Waals surface area (Å²) in [6, 6.07) is 2.38. The third-order valence-electron chi connectivity index (χ3n) is 8.45. The highest BCUT2D eigenvalue weighted by molar-refractivity contribution is 5.16. The Morgan fingerprint density at radius 1 is 1.07 bits per heavy atom. The van der Waals surface area contributed by atoms with Gasteiger partial charge in [-0.15, -0.1) is 0 Å². The molecule has 154 valence electrons. The second-order valence-electron chi connectivity index (χ2n) is 10.2. The first-order valence-corrected chi connectivity index (χ1v) is 11.6. The second-order valence-corrected chi connectivity index (χ2v) is 10.2. The fourth-order valence-corrected chi connectivity index (χ4v) is 6.38. The van der Waals surface area contributed by atoms with E-state index < -0.39 is 0 Å². The van der Waals surface area contributed by atoms with Gasteiger partial charge in [-0.3, -0.25) is 0 Å². The molecule has 0 aromatic heterocycles. The van der Waals surface area contributed by atoms with Crippen molar-refractivity contribution in [3.8, 4) is 6.07 Å². The van der Waals surface area contributed by atoms with E-state index in [2.05, 4.69) is 33.8 Å². The topological polar surface area (TPSA) is 42.2 Å². The average Bonchev–Trinajstić information content (AvgIpc) is 3.20. The van der Waals surface area contributed by atoms with Crippen molar-refractivity contribution in [3.63, 3.8) is 0 Å². The van der Waals surface area contributed by atoms with Crippen LogP contribution in [0.3, 0.4) is 0 Å². The van der Waals surface area contributed by atoms with Crippen LogP contribution >= 0.6 is 0 Å². The first-order valence-electron chi connectivity index (χ1n) is 11.6. The molecule has 3 fully saturated rings. The smallest absolute Gasteiger partial charge is 0.160 e. The van der Waals surface area contributed by atoms with Crippen LogP contribution in [0.2, 0.25) is 0 Å². The summed E-state index contributed by atoms with van der Waals surface area (Å²) in [5.74, 6) is 1.39. The van der Waals surface area contributed by atoms with Gasteiger partial charge in [-0.25, -0.2) is 0 Å². The van der Waals surface area contributed by atoms with Crippen molar-refractivity contribution in [1.82, 2.24) is 0 Å². The Hall–Kier alpha value is -0.590. The first kappa shape index (κ1) is 21.1. The zero-order valence-electron chi connectivity index (χ0n) is 18.1. The number of fused-ring (bicyclic) bond motifs is 5. The van der Waals surface area contributed by atoms with Crippen LogP contribution in [-0.2, 0) is 9.47 Å². The molecule has 3 nitrogen and oxygen atoms in total. The van der Waals surface area contributed by atoms with Crippen LogP contribution in [0.15, 0.2) is 0 Å². The third-order valence-corrected chi connectivity index (χ3v) is 8.45. The highest BCUT2D eigenvalue weighted by atomic mass is 16.7. The molecule has 0 aromatic carbocycles. The minimum Gasteiger partial charge on any atom is -0.348 e. The van der Waals surface area contributed by atoms with Gasteiger partial charge in [0.15, 0.2) is 6.29 Å². The SMILES string of the molecule is CCCCCCCCCC[C@@H](C#N)O[C@H]1C[C@@H]2[C@H]3CC[C@@](C)([C@@H]2O1)C3(C)C. The number of hydrogen-bond acceptors (Lipinski definition) is 3. The van der Waals surface area contributed by atoms with E-state index >= 15 is 0 Å². The molecule has 0 unspecified atom stereocenters. The standard InChI is InChI=1S/C24H41NO2/c1-5-6-7-8-9-10-11-12-13-18(17-25)26-21-16-19-20-14-15-24(4,22(19)27-21)23(20,2)3/h18-22H,5-16H2,1-4H3/t18-,19+,20+,21+,22+,24-/m0/s1. The lowest BCUT2D eigenvalue weighted by Gasteiger charge is -2.38. The predicted octanol–water partition coefficient (Wildman–Crippen LogP) is 6.61. The number of unbranched alkanes of at least 4 members (excludes halogenated alkanes) is 7. The highest BCUT2D eigenvalue weighted by Crippen LogP contribution is 2.71. The molecular weight excluding hydrogens is 334 g/mol. The molecule has 0 amide bonds. The van der Waals surface area contributed by atoms with Gasteiger partial charge in [0.05, 0.1) is 12.2 Å². The van der Waals surface area contributed by atoms with Crippen molar-refractivity contribution in [3.05, 3.63) is 0 Å². The van der Waals surface area contributed by atoms with Crippen molar-refractivity contribution in [2.24, 2.45) is 22.7 Å². The number of nitriles is 1. The maximum Gasteiger partial charge on any atom is 0.160 e. The molecule has 1 heterocycles. The molecule has 0 radical (unpaired) electrons. The fourth-order valence-electron chi connectivity index (χ4n) is 6.38. The van der Waals surface area contributed by atoms with Gasteiger partial charge in [0.2, 0.25) is 0 Å². The molecule has 6 atom stereocenters. The van der Waals surface area contributed by atoms with Crippen molar-refractivity contribution in [1.29, 1.82) is 5.26 Å². The average molecular weight is 376 g/mol. The summed E-state index contributed by atoms with van der Waals surface area (Å²) in [4.78, 5) is 0. The summed E-state index contributed by atoms with van der Waals surface area (Å²) >= 11 is 0. The largest absolute Gasteiger partial charge is 0.348 e. The van der Waals surface area contributed by atoms with Crippen LogP contribution in [0.5, 0.6) is 0 Å². The van der Waals surface area contributed by atoms with E-state index in [0.29, 0.717) is 17.4 Å². The van der Waals surface area contributed by atoms with Gasteiger partial charge in [0, 0.05) is 6.42 Å². The Balaban J connectivity index is 1.37. The molecule has 1 aliphatic heterocycles. The molecule has 0 N–H and O–H groups in total. The predicted molar refractivity (Wildman–Crippen MR) is 109 cm³/mol. The van der Waals surface area contributed by atoms with Crippen LogP contribution < -0.4 is 0 Å². The normalized spacial score (nSPS) is 37.3.